The lowest BCUT2D eigenvalue weighted by molar-refractivity contribution is 0.101. The number of aryl methyl sites for hydroxylation is 1. The number of rotatable bonds is 1. The standard InChI is InChI=1S/C7H7ClN2O/c1-4-3-9-7(8)6(10-4)5(2)11/h3H,1-2H3. The highest BCUT2D eigenvalue weighted by Gasteiger charge is 2.07. The van der Waals surface area contributed by atoms with Gasteiger partial charge in [-0.3, -0.25) is 4.79 Å². The van der Waals surface area contributed by atoms with Crippen molar-refractivity contribution in [1.82, 2.24) is 9.97 Å². The number of hydrogen-bond acceptors (Lipinski definition) is 3. The van der Waals surface area contributed by atoms with Crippen molar-refractivity contribution >= 4 is 17.4 Å². The van der Waals surface area contributed by atoms with Crippen LogP contribution in [0.3, 0.4) is 0 Å². The summed E-state index contributed by atoms with van der Waals surface area (Å²) in [5.74, 6) is -0.161. The number of nitrogens with zero attached hydrogens (tertiary/aromatic N) is 2. The van der Waals surface area contributed by atoms with E-state index in [9.17, 15) is 4.79 Å². The second kappa shape index (κ2) is 2.96. The van der Waals surface area contributed by atoms with Crippen LogP contribution in [0.15, 0.2) is 6.20 Å². The molecule has 3 nitrogen and oxygen atoms in total. The molecule has 0 aliphatic heterocycles. The Kier molecular flexibility index (Phi) is 2.19. The zero-order valence-corrected chi connectivity index (χ0v) is 7.01. The minimum atomic E-state index is -0.161. The van der Waals surface area contributed by atoms with E-state index in [0.29, 0.717) is 5.69 Å². The maximum absolute atomic E-state index is 10.8. The van der Waals surface area contributed by atoms with Crippen molar-refractivity contribution < 1.29 is 4.79 Å². The summed E-state index contributed by atoms with van der Waals surface area (Å²) in [5, 5.41) is 0.170. The zero-order chi connectivity index (χ0) is 8.43. The summed E-state index contributed by atoms with van der Waals surface area (Å²) in [7, 11) is 0. The third-order valence-corrected chi connectivity index (χ3v) is 1.46. The van der Waals surface area contributed by atoms with Crippen LogP contribution < -0.4 is 0 Å². The van der Waals surface area contributed by atoms with Crippen LogP contribution in [0, 0.1) is 6.92 Å². The molecule has 4 heteroatoms. The molecule has 0 aromatic carbocycles. The maximum Gasteiger partial charge on any atom is 0.181 e. The van der Waals surface area contributed by atoms with Gasteiger partial charge in [0.1, 0.15) is 5.69 Å². The summed E-state index contributed by atoms with van der Waals surface area (Å²) in [5.41, 5.74) is 0.936. The number of hydrogen-bond donors (Lipinski definition) is 0. The van der Waals surface area contributed by atoms with Crippen molar-refractivity contribution in [2.45, 2.75) is 13.8 Å². The molecule has 0 radical (unpaired) electrons. The predicted molar refractivity (Wildman–Crippen MR) is 41.8 cm³/mol. The summed E-state index contributed by atoms with van der Waals surface area (Å²) in [4.78, 5) is 18.5. The van der Waals surface area contributed by atoms with Crippen LogP contribution >= 0.6 is 11.6 Å². The minimum absolute atomic E-state index is 0.161. The highest BCUT2D eigenvalue weighted by Crippen LogP contribution is 2.10. The smallest absolute Gasteiger partial charge is 0.181 e. The SMILES string of the molecule is CC(=O)c1nc(C)cnc1Cl. The van der Waals surface area contributed by atoms with Crippen LogP contribution in [-0.4, -0.2) is 15.8 Å². The van der Waals surface area contributed by atoms with Gasteiger partial charge in [-0.05, 0) is 6.92 Å². The van der Waals surface area contributed by atoms with Gasteiger partial charge in [0.05, 0.1) is 5.69 Å². The molecular weight excluding hydrogens is 164 g/mol. The molecule has 58 valence electrons. The topological polar surface area (TPSA) is 42.9 Å². The van der Waals surface area contributed by atoms with Crippen molar-refractivity contribution in [3.63, 3.8) is 0 Å². The van der Waals surface area contributed by atoms with E-state index in [2.05, 4.69) is 9.97 Å². The molecule has 1 aromatic rings. The third-order valence-electron chi connectivity index (χ3n) is 1.18. The van der Waals surface area contributed by atoms with Gasteiger partial charge < -0.3 is 0 Å². The first kappa shape index (κ1) is 8.14. The van der Waals surface area contributed by atoms with Gasteiger partial charge in [0.25, 0.3) is 0 Å². The Bertz CT molecular complexity index is 298. The van der Waals surface area contributed by atoms with E-state index >= 15 is 0 Å². The molecule has 0 spiro atoms. The molecule has 0 amide bonds. The van der Waals surface area contributed by atoms with E-state index in [1.54, 1.807) is 6.92 Å². The van der Waals surface area contributed by atoms with Gasteiger partial charge in [-0.25, -0.2) is 9.97 Å². The molecule has 0 unspecified atom stereocenters. The van der Waals surface area contributed by atoms with Gasteiger partial charge in [-0.2, -0.15) is 0 Å². The first-order chi connectivity index (χ1) is 5.11. The number of ketones is 1. The van der Waals surface area contributed by atoms with Crippen LogP contribution in [-0.2, 0) is 0 Å². The van der Waals surface area contributed by atoms with Crippen molar-refractivity contribution in [2.24, 2.45) is 0 Å². The van der Waals surface area contributed by atoms with E-state index in [-0.39, 0.29) is 16.6 Å². The molecule has 0 bridgehead atoms. The average Bonchev–Trinajstić information content (AvgIpc) is 1.94. The van der Waals surface area contributed by atoms with Gasteiger partial charge in [-0.15, -0.1) is 0 Å². The lowest BCUT2D eigenvalue weighted by atomic mass is 10.3. The number of carbonyl (C=O) groups is 1. The third kappa shape index (κ3) is 1.74. The Morgan fingerprint density at radius 3 is 2.73 bits per heavy atom. The summed E-state index contributed by atoms with van der Waals surface area (Å²) >= 11 is 5.60. The molecule has 0 aliphatic carbocycles. The van der Waals surface area contributed by atoms with E-state index in [0.717, 1.165) is 0 Å². The molecule has 11 heavy (non-hydrogen) atoms. The number of aromatic nitrogens is 2. The van der Waals surface area contributed by atoms with Crippen molar-refractivity contribution in [2.75, 3.05) is 0 Å². The van der Waals surface area contributed by atoms with Crippen LogP contribution in [0.4, 0.5) is 0 Å². The Morgan fingerprint density at radius 1 is 1.64 bits per heavy atom. The predicted octanol–water partition coefficient (Wildman–Crippen LogP) is 1.64. The number of halogens is 1. The van der Waals surface area contributed by atoms with Crippen molar-refractivity contribution in [1.29, 1.82) is 0 Å². The van der Waals surface area contributed by atoms with E-state index in [1.165, 1.54) is 13.1 Å². The second-order valence-corrected chi connectivity index (χ2v) is 2.56. The van der Waals surface area contributed by atoms with Crippen LogP contribution in [0.2, 0.25) is 5.15 Å². The quantitative estimate of drug-likeness (QED) is 0.602. The van der Waals surface area contributed by atoms with Crippen LogP contribution in [0.25, 0.3) is 0 Å². The first-order valence-electron chi connectivity index (χ1n) is 3.11. The monoisotopic (exact) mass is 170 g/mol. The average molecular weight is 171 g/mol. The van der Waals surface area contributed by atoms with E-state index < -0.39 is 0 Å². The maximum atomic E-state index is 10.8. The van der Waals surface area contributed by atoms with Gasteiger partial charge in [0.15, 0.2) is 10.9 Å². The lowest BCUT2D eigenvalue weighted by Crippen LogP contribution is -2.00. The van der Waals surface area contributed by atoms with Crippen LogP contribution in [0.5, 0.6) is 0 Å². The molecule has 0 fully saturated rings. The highest BCUT2D eigenvalue weighted by atomic mass is 35.5. The summed E-state index contributed by atoms with van der Waals surface area (Å²) in [6.45, 7) is 3.17. The Labute approximate surface area is 69.4 Å². The summed E-state index contributed by atoms with van der Waals surface area (Å²) in [6.07, 6.45) is 1.52. The fourth-order valence-electron chi connectivity index (χ4n) is 0.687. The van der Waals surface area contributed by atoms with Crippen molar-refractivity contribution in [3.8, 4) is 0 Å². The molecule has 0 N–H and O–H groups in total. The van der Waals surface area contributed by atoms with Gasteiger partial charge in [0, 0.05) is 13.1 Å². The van der Waals surface area contributed by atoms with Crippen molar-refractivity contribution in [3.05, 3.63) is 22.7 Å². The second-order valence-electron chi connectivity index (χ2n) is 2.21. The normalized spacial score (nSPS) is 9.73. The molecule has 1 aromatic heterocycles. The fraction of sp³-hybridized carbons (Fsp3) is 0.286. The number of Topliss-reactive ketones (excluding diaryl/α,β-unsaturated/α-hetero) is 1. The largest absolute Gasteiger partial charge is 0.293 e. The minimum Gasteiger partial charge on any atom is -0.293 e. The van der Waals surface area contributed by atoms with Gasteiger partial charge in [0.2, 0.25) is 0 Å². The highest BCUT2D eigenvalue weighted by molar-refractivity contribution is 6.32. The van der Waals surface area contributed by atoms with Crippen LogP contribution in [0.1, 0.15) is 23.1 Å². The molecule has 0 saturated carbocycles. The van der Waals surface area contributed by atoms with E-state index in [4.69, 9.17) is 11.6 Å². The summed E-state index contributed by atoms with van der Waals surface area (Å²) < 4.78 is 0. The molecular formula is C7H7ClN2O. The Balaban J connectivity index is 3.23. The number of carbonyl (C=O) groups excluding carboxylic acids is 1. The molecule has 0 saturated heterocycles. The van der Waals surface area contributed by atoms with Gasteiger partial charge in [-0.1, -0.05) is 11.6 Å². The molecule has 0 aliphatic rings. The lowest BCUT2D eigenvalue weighted by Gasteiger charge is -1.97. The molecule has 0 atom stereocenters. The first-order valence-corrected chi connectivity index (χ1v) is 3.49. The van der Waals surface area contributed by atoms with E-state index in [1.807, 2.05) is 0 Å². The Morgan fingerprint density at radius 2 is 2.27 bits per heavy atom. The zero-order valence-electron chi connectivity index (χ0n) is 6.26. The molecule has 1 heterocycles. The summed E-state index contributed by atoms with van der Waals surface area (Å²) in [6, 6.07) is 0. The molecule has 1 rings (SSSR count). The Hall–Kier alpha value is -0.960. The fourth-order valence-corrected chi connectivity index (χ4v) is 0.911. The van der Waals surface area contributed by atoms with Gasteiger partial charge >= 0.3 is 0 Å².